The quantitative estimate of drug-likeness (QED) is 0.317. The number of hydrogen-bond donors (Lipinski definition) is 3. The summed E-state index contributed by atoms with van der Waals surface area (Å²) < 4.78 is 1.99. The third kappa shape index (κ3) is 4.08. The van der Waals surface area contributed by atoms with Crippen molar-refractivity contribution in [1.29, 1.82) is 0 Å². The fourth-order valence-corrected chi connectivity index (χ4v) is 4.37. The third-order valence-corrected chi connectivity index (χ3v) is 6.55. The molecule has 4 heterocycles. The van der Waals surface area contributed by atoms with Gasteiger partial charge >= 0.3 is 0 Å². The molecule has 4 aromatic heterocycles. The molecule has 0 spiro atoms. The second-order valence-corrected chi connectivity index (χ2v) is 8.72. The van der Waals surface area contributed by atoms with E-state index in [1.807, 2.05) is 41.8 Å². The number of rotatable bonds is 6. The van der Waals surface area contributed by atoms with Crippen LogP contribution in [0.15, 0.2) is 49.1 Å². The lowest BCUT2D eigenvalue weighted by molar-refractivity contribution is 1.02. The summed E-state index contributed by atoms with van der Waals surface area (Å²) in [5.74, 6) is 2.01. The monoisotopic (exact) mass is 472 g/mol. The molecule has 5 aromatic rings. The van der Waals surface area contributed by atoms with Crippen molar-refractivity contribution in [2.24, 2.45) is 0 Å². The Balaban J connectivity index is 1.30. The van der Waals surface area contributed by atoms with Crippen LogP contribution in [0.2, 0.25) is 5.02 Å². The Morgan fingerprint density at radius 2 is 1.71 bits per heavy atom. The van der Waals surface area contributed by atoms with Gasteiger partial charge in [0.1, 0.15) is 29.4 Å². The number of nitrogen functional groups attached to an aromatic ring is 1. The van der Waals surface area contributed by atoms with Gasteiger partial charge in [-0.15, -0.1) is 0 Å². The molecule has 5 rings (SSSR count). The number of benzene rings is 1. The highest BCUT2D eigenvalue weighted by atomic mass is 35.5. The number of pyridine rings is 2. The lowest BCUT2D eigenvalue weighted by atomic mass is 9.96. The van der Waals surface area contributed by atoms with Crippen LogP contribution in [0.25, 0.3) is 16.4 Å². The fourth-order valence-electron chi connectivity index (χ4n) is 4.21. The minimum atomic E-state index is 0.535. The lowest BCUT2D eigenvalue weighted by Crippen LogP contribution is -2.08. The van der Waals surface area contributed by atoms with Crippen LogP contribution < -0.4 is 16.4 Å². The standard InChI is InChI=1S/C25H25ClN8/c1-14-8-19-18(6-7-28-25(19)27)15(2)20(14)11-30-23-9-22(31-13-32-23)29-10-17-12-34-16(3)21(26)4-5-24(34)33-17/h4-9,12-13H,10-11H2,1-3H3,(H2,27,28)(H2,29,30,31,32). The third-order valence-electron chi connectivity index (χ3n) is 6.15. The van der Waals surface area contributed by atoms with Crippen molar-refractivity contribution in [3.05, 3.63) is 82.2 Å². The molecule has 9 heteroatoms. The van der Waals surface area contributed by atoms with Gasteiger partial charge in [0.25, 0.3) is 0 Å². The van der Waals surface area contributed by atoms with Crippen molar-refractivity contribution in [3.8, 4) is 0 Å². The van der Waals surface area contributed by atoms with E-state index in [1.54, 1.807) is 12.5 Å². The number of aryl methyl sites for hydroxylation is 3. The maximum absolute atomic E-state index is 6.22. The first-order chi connectivity index (χ1) is 16.4. The number of aromatic nitrogens is 5. The molecule has 0 amide bonds. The Morgan fingerprint density at radius 3 is 2.50 bits per heavy atom. The van der Waals surface area contributed by atoms with Gasteiger partial charge in [0, 0.05) is 36.1 Å². The number of nitrogens with zero attached hydrogens (tertiary/aromatic N) is 5. The highest BCUT2D eigenvalue weighted by molar-refractivity contribution is 6.31. The largest absolute Gasteiger partial charge is 0.383 e. The van der Waals surface area contributed by atoms with E-state index in [9.17, 15) is 0 Å². The summed E-state index contributed by atoms with van der Waals surface area (Å²) in [7, 11) is 0. The molecule has 172 valence electrons. The van der Waals surface area contributed by atoms with E-state index < -0.39 is 0 Å². The number of imidazole rings is 1. The second-order valence-electron chi connectivity index (χ2n) is 8.31. The maximum Gasteiger partial charge on any atom is 0.137 e. The van der Waals surface area contributed by atoms with E-state index in [4.69, 9.17) is 17.3 Å². The zero-order valence-electron chi connectivity index (χ0n) is 19.2. The van der Waals surface area contributed by atoms with E-state index in [0.29, 0.717) is 23.9 Å². The molecule has 0 saturated carbocycles. The van der Waals surface area contributed by atoms with Crippen LogP contribution in [0.3, 0.4) is 0 Å². The number of nitrogens with two attached hydrogens (primary N) is 1. The summed E-state index contributed by atoms with van der Waals surface area (Å²) in [6, 6.07) is 9.77. The molecule has 0 atom stereocenters. The molecule has 0 bridgehead atoms. The van der Waals surface area contributed by atoms with Crippen molar-refractivity contribution in [1.82, 2.24) is 24.3 Å². The Bertz CT molecular complexity index is 1530. The van der Waals surface area contributed by atoms with Crippen LogP contribution in [0.1, 0.15) is 28.1 Å². The van der Waals surface area contributed by atoms with Gasteiger partial charge in [0.05, 0.1) is 17.3 Å². The number of hydrogen-bond acceptors (Lipinski definition) is 7. The van der Waals surface area contributed by atoms with Crippen molar-refractivity contribution in [3.63, 3.8) is 0 Å². The van der Waals surface area contributed by atoms with Crippen molar-refractivity contribution >= 4 is 45.5 Å². The van der Waals surface area contributed by atoms with E-state index >= 15 is 0 Å². The zero-order chi connectivity index (χ0) is 23.8. The topological polar surface area (TPSA) is 106 Å². The van der Waals surface area contributed by atoms with Gasteiger partial charge in [-0.1, -0.05) is 11.6 Å². The van der Waals surface area contributed by atoms with Crippen LogP contribution >= 0.6 is 11.6 Å². The van der Waals surface area contributed by atoms with E-state index in [2.05, 4.69) is 50.5 Å². The Labute approximate surface area is 202 Å². The maximum atomic E-state index is 6.22. The summed E-state index contributed by atoms with van der Waals surface area (Å²) in [6.45, 7) is 7.35. The van der Waals surface area contributed by atoms with Gasteiger partial charge in [-0.3, -0.25) is 0 Å². The van der Waals surface area contributed by atoms with Gasteiger partial charge in [0.15, 0.2) is 0 Å². The van der Waals surface area contributed by atoms with Gasteiger partial charge in [-0.05, 0) is 67.1 Å². The van der Waals surface area contributed by atoms with Crippen LogP contribution in [-0.2, 0) is 13.1 Å². The van der Waals surface area contributed by atoms with Gasteiger partial charge in [-0.25, -0.2) is 19.9 Å². The molecule has 0 fully saturated rings. The van der Waals surface area contributed by atoms with Crippen LogP contribution in [0.5, 0.6) is 0 Å². The summed E-state index contributed by atoms with van der Waals surface area (Å²) >= 11 is 6.22. The smallest absolute Gasteiger partial charge is 0.137 e. The first-order valence-electron chi connectivity index (χ1n) is 11.0. The summed E-state index contributed by atoms with van der Waals surface area (Å²) in [5.41, 5.74) is 12.4. The van der Waals surface area contributed by atoms with Gasteiger partial charge in [-0.2, -0.15) is 0 Å². The van der Waals surface area contributed by atoms with Crippen molar-refractivity contribution in [2.45, 2.75) is 33.9 Å². The molecule has 0 aliphatic rings. The SMILES string of the molecule is Cc1cc2c(N)nccc2c(C)c1CNc1cc(NCc2cn3c(C)c(Cl)ccc3n2)ncn1. The average molecular weight is 473 g/mol. The van der Waals surface area contributed by atoms with Crippen LogP contribution in [0, 0.1) is 20.8 Å². The molecule has 4 N–H and O–H groups in total. The average Bonchev–Trinajstić information content (AvgIpc) is 3.25. The first kappa shape index (κ1) is 21.9. The minimum Gasteiger partial charge on any atom is -0.383 e. The molecule has 0 radical (unpaired) electrons. The molecule has 8 nitrogen and oxygen atoms in total. The highest BCUT2D eigenvalue weighted by Crippen LogP contribution is 2.28. The summed E-state index contributed by atoms with van der Waals surface area (Å²) in [4.78, 5) is 17.6. The zero-order valence-corrected chi connectivity index (χ0v) is 20.0. The number of fused-ring (bicyclic) bond motifs is 2. The molecule has 0 saturated heterocycles. The summed E-state index contributed by atoms with van der Waals surface area (Å²) in [6.07, 6.45) is 5.28. The van der Waals surface area contributed by atoms with Gasteiger partial charge in [0.2, 0.25) is 0 Å². The molecule has 0 unspecified atom stereocenters. The molecule has 0 aliphatic carbocycles. The van der Waals surface area contributed by atoms with Crippen LogP contribution in [0.4, 0.5) is 17.5 Å². The number of halogens is 1. The van der Waals surface area contributed by atoms with Gasteiger partial charge < -0.3 is 20.8 Å². The molecular weight excluding hydrogens is 448 g/mol. The number of anilines is 3. The van der Waals surface area contributed by atoms with Crippen LogP contribution in [-0.4, -0.2) is 24.3 Å². The highest BCUT2D eigenvalue weighted by Gasteiger charge is 2.11. The molecule has 34 heavy (non-hydrogen) atoms. The number of nitrogens with one attached hydrogen (secondary N) is 2. The first-order valence-corrected chi connectivity index (χ1v) is 11.3. The van der Waals surface area contributed by atoms with Crippen molar-refractivity contribution < 1.29 is 0 Å². The Hall–Kier alpha value is -3.91. The predicted octanol–water partition coefficient (Wildman–Crippen LogP) is 5.06. The van der Waals surface area contributed by atoms with E-state index in [0.717, 1.165) is 45.0 Å². The molecule has 0 aliphatic heterocycles. The second kappa shape index (κ2) is 8.79. The normalized spacial score (nSPS) is 11.3. The Kier molecular flexibility index (Phi) is 5.67. The van der Waals surface area contributed by atoms with E-state index in [-0.39, 0.29) is 0 Å². The van der Waals surface area contributed by atoms with E-state index in [1.165, 1.54) is 11.1 Å². The summed E-state index contributed by atoms with van der Waals surface area (Å²) in [5, 5.41) is 9.57. The minimum absolute atomic E-state index is 0.535. The Morgan fingerprint density at radius 1 is 0.941 bits per heavy atom. The predicted molar refractivity (Wildman–Crippen MR) is 137 cm³/mol. The molecule has 1 aromatic carbocycles. The fraction of sp³-hybridized carbons (Fsp3) is 0.200. The van der Waals surface area contributed by atoms with Crippen molar-refractivity contribution in [2.75, 3.05) is 16.4 Å². The lowest BCUT2D eigenvalue weighted by Gasteiger charge is -2.15. The molecular formula is C25H25ClN8.